The van der Waals surface area contributed by atoms with E-state index in [1.165, 1.54) is 12.1 Å². The van der Waals surface area contributed by atoms with Crippen LogP contribution < -0.4 is 18.9 Å². The number of nitrogens with zero attached hydrogens (tertiary/aromatic N) is 1. The summed E-state index contributed by atoms with van der Waals surface area (Å²) in [5, 5.41) is 0. The number of halogens is 10. The summed E-state index contributed by atoms with van der Waals surface area (Å²) >= 11 is 0. The van der Waals surface area contributed by atoms with Crippen LogP contribution in [-0.4, -0.2) is 7.32 Å². The lowest BCUT2D eigenvalue weighted by molar-refractivity contribution is 0.260. The highest BCUT2D eigenvalue weighted by molar-refractivity contribution is 6.39. The van der Waals surface area contributed by atoms with Gasteiger partial charge in [-0.15, -0.1) is 0 Å². The summed E-state index contributed by atoms with van der Waals surface area (Å²) in [7, 11) is -2.95. The van der Waals surface area contributed by atoms with E-state index < -0.39 is 82.7 Å². The molecule has 0 atom stereocenters. The molecule has 0 aliphatic heterocycles. The fourth-order valence-electron chi connectivity index (χ4n) is 4.48. The van der Waals surface area contributed by atoms with Gasteiger partial charge in [0.15, 0.2) is 11.5 Å². The van der Waals surface area contributed by atoms with E-state index in [0.717, 1.165) is 11.6 Å². The molecular formula is C33H18BF10NO3. The van der Waals surface area contributed by atoms with E-state index in [1.807, 2.05) is 19.1 Å². The largest absolute Gasteiger partial charge is 0.864 e. The topological polar surface area (TPSA) is 30.9 Å². The Balaban J connectivity index is 1.66. The van der Waals surface area contributed by atoms with Crippen molar-refractivity contribution in [1.29, 1.82) is 0 Å². The Labute approximate surface area is 266 Å². The van der Waals surface area contributed by atoms with Crippen LogP contribution >= 0.6 is 0 Å². The molecule has 0 unspecified atom stereocenters. The minimum absolute atomic E-state index is 0.0361. The number of anilines is 3. The number of aryl methyl sites for hydroxylation is 1. The molecule has 0 amide bonds. The van der Waals surface area contributed by atoms with Crippen molar-refractivity contribution in [3.8, 4) is 17.2 Å². The monoisotopic (exact) mass is 677 g/mol. The number of para-hydroxylation sites is 1. The van der Waals surface area contributed by atoms with E-state index in [0.29, 0.717) is 17.1 Å². The molecule has 4 nitrogen and oxygen atoms in total. The Hall–Kier alpha value is -5.60. The molecule has 0 saturated heterocycles. The first-order chi connectivity index (χ1) is 22.8. The third-order valence-electron chi connectivity index (χ3n) is 6.79. The van der Waals surface area contributed by atoms with Crippen LogP contribution in [0.3, 0.4) is 0 Å². The molecule has 0 heterocycles. The molecular weight excluding hydrogens is 659 g/mol. The predicted octanol–water partition coefficient (Wildman–Crippen LogP) is 10.0. The minimum Gasteiger partial charge on any atom is -0.489 e. The van der Waals surface area contributed by atoms with Gasteiger partial charge < -0.3 is 18.9 Å². The fraction of sp³-hybridized carbons (Fsp3) is 0.0303. The molecule has 0 aliphatic carbocycles. The first-order valence-electron chi connectivity index (χ1n) is 13.6. The molecule has 15 heteroatoms. The van der Waals surface area contributed by atoms with Gasteiger partial charge in [-0.05, 0) is 43.3 Å². The molecule has 0 N–H and O–H groups in total. The lowest BCUT2D eigenvalue weighted by Crippen LogP contribution is -2.39. The molecule has 246 valence electrons. The Bertz CT molecular complexity index is 1880. The Morgan fingerprint density at radius 2 is 0.958 bits per heavy atom. The third-order valence-corrected chi connectivity index (χ3v) is 6.79. The van der Waals surface area contributed by atoms with Crippen molar-refractivity contribution in [3.05, 3.63) is 149 Å². The van der Waals surface area contributed by atoms with Gasteiger partial charge in [0, 0.05) is 16.9 Å². The van der Waals surface area contributed by atoms with Crippen LogP contribution in [0.15, 0.2) is 79.4 Å². The van der Waals surface area contributed by atoms with Crippen molar-refractivity contribution in [1.82, 2.24) is 0 Å². The summed E-state index contributed by atoms with van der Waals surface area (Å²) in [4.78, 5) is 1.70. The summed E-state index contributed by atoms with van der Waals surface area (Å²) in [6, 6.07) is 20.0. The minimum atomic E-state index is -2.95. The van der Waals surface area contributed by atoms with E-state index in [2.05, 4.69) is 6.58 Å². The van der Waals surface area contributed by atoms with Crippen LogP contribution in [0.4, 0.5) is 61.0 Å². The average molecular weight is 677 g/mol. The van der Waals surface area contributed by atoms with E-state index >= 15 is 0 Å². The molecule has 0 fully saturated rings. The van der Waals surface area contributed by atoms with Crippen molar-refractivity contribution < 1.29 is 57.9 Å². The highest BCUT2D eigenvalue weighted by Gasteiger charge is 2.40. The maximum Gasteiger partial charge on any atom is 0.864 e. The molecule has 0 aliphatic rings. The summed E-state index contributed by atoms with van der Waals surface area (Å²) in [6.45, 7) is 5.58. The molecule has 0 radical (unpaired) electrons. The number of hydrogen-bond acceptors (Lipinski definition) is 4. The van der Waals surface area contributed by atoms with Crippen molar-refractivity contribution in [2.75, 3.05) is 4.90 Å². The Morgan fingerprint density at radius 3 is 1.42 bits per heavy atom. The number of rotatable bonds is 10. The van der Waals surface area contributed by atoms with Gasteiger partial charge in [0.05, 0.1) is 5.69 Å². The molecule has 5 rings (SSSR count). The standard InChI is InChI=1S/C33H18BF10NO3/c1-3-19-20(45(17-8-5-4-6-9-17)18-14-12-16(2)13-15-18)10-7-11-21(19)46-34(47-32-28(41)24(37)22(35)25(38)29(32)42)48-33-30(43)26(39)23(36)27(40)31(33)44/h3-15H,1H2,2H3. The molecule has 0 bridgehead atoms. The van der Waals surface area contributed by atoms with Gasteiger partial charge >= 0.3 is 7.32 Å². The molecule has 0 saturated carbocycles. The summed E-state index contributed by atoms with van der Waals surface area (Å²) in [5.41, 5.74) is 2.44. The third kappa shape index (κ3) is 6.22. The lowest BCUT2D eigenvalue weighted by atomic mass is 10.1. The van der Waals surface area contributed by atoms with Crippen LogP contribution in [0.1, 0.15) is 11.1 Å². The zero-order valence-corrected chi connectivity index (χ0v) is 24.2. The molecule has 48 heavy (non-hydrogen) atoms. The van der Waals surface area contributed by atoms with Crippen LogP contribution in [0.25, 0.3) is 6.08 Å². The van der Waals surface area contributed by atoms with Crippen LogP contribution in [-0.2, 0) is 0 Å². The SMILES string of the molecule is C=Cc1c(OB(Oc2c(F)c(F)c(F)c(F)c2F)Oc2c(F)c(F)c(F)c(F)c2F)cccc1N(c1ccccc1)c1ccc(C)cc1. The average Bonchev–Trinajstić information content (AvgIpc) is 3.09. The zero-order valence-electron chi connectivity index (χ0n) is 24.2. The number of hydrogen-bond donors (Lipinski definition) is 0. The molecule has 0 spiro atoms. The zero-order chi connectivity index (χ0) is 34.9. The molecule has 0 aromatic heterocycles. The van der Waals surface area contributed by atoms with Gasteiger partial charge in [-0.1, -0.05) is 54.6 Å². The first-order valence-corrected chi connectivity index (χ1v) is 13.6. The van der Waals surface area contributed by atoms with E-state index in [9.17, 15) is 43.9 Å². The van der Waals surface area contributed by atoms with Gasteiger partial charge in [-0.2, -0.15) is 17.6 Å². The Morgan fingerprint density at radius 1 is 0.521 bits per heavy atom. The van der Waals surface area contributed by atoms with E-state index in [-0.39, 0.29) is 5.56 Å². The highest BCUT2D eigenvalue weighted by Crippen LogP contribution is 2.41. The maximum atomic E-state index is 14.6. The van der Waals surface area contributed by atoms with Crippen LogP contribution in [0, 0.1) is 65.1 Å². The lowest BCUT2D eigenvalue weighted by Gasteiger charge is -2.28. The van der Waals surface area contributed by atoms with Gasteiger partial charge in [0.1, 0.15) is 5.75 Å². The normalized spacial score (nSPS) is 10.9. The second kappa shape index (κ2) is 13.6. The summed E-state index contributed by atoms with van der Waals surface area (Å²) in [6.07, 6.45) is 1.21. The van der Waals surface area contributed by atoms with Crippen LogP contribution in [0.2, 0.25) is 0 Å². The first kappa shape index (κ1) is 33.8. The van der Waals surface area contributed by atoms with Crippen molar-refractivity contribution in [3.63, 3.8) is 0 Å². The van der Waals surface area contributed by atoms with Crippen LogP contribution in [0.5, 0.6) is 17.2 Å². The van der Waals surface area contributed by atoms with Crippen molar-refractivity contribution >= 4 is 30.5 Å². The smallest absolute Gasteiger partial charge is 0.489 e. The maximum absolute atomic E-state index is 14.6. The van der Waals surface area contributed by atoms with Crippen molar-refractivity contribution in [2.24, 2.45) is 0 Å². The van der Waals surface area contributed by atoms with E-state index in [4.69, 9.17) is 14.0 Å². The van der Waals surface area contributed by atoms with Gasteiger partial charge in [-0.3, -0.25) is 0 Å². The van der Waals surface area contributed by atoms with Crippen molar-refractivity contribution in [2.45, 2.75) is 6.92 Å². The quantitative estimate of drug-likeness (QED) is 0.0638. The summed E-state index contributed by atoms with van der Waals surface area (Å²) < 4.78 is 157. The highest BCUT2D eigenvalue weighted by atomic mass is 19.2. The van der Waals surface area contributed by atoms with Gasteiger partial charge in [0.25, 0.3) is 0 Å². The second-order valence-electron chi connectivity index (χ2n) is 9.84. The second-order valence-corrected chi connectivity index (χ2v) is 9.84. The Kier molecular flexibility index (Phi) is 9.59. The van der Waals surface area contributed by atoms with Gasteiger partial charge in [0.2, 0.25) is 58.2 Å². The number of benzene rings is 5. The van der Waals surface area contributed by atoms with E-state index in [1.54, 1.807) is 53.4 Å². The summed E-state index contributed by atoms with van der Waals surface area (Å²) in [5.74, 6) is -29.8. The van der Waals surface area contributed by atoms with Gasteiger partial charge in [-0.25, -0.2) is 26.3 Å². The predicted molar refractivity (Wildman–Crippen MR) is 156 cm³/mol. The molecule has 5 aromatic rings. The fourth-order valence-corrected chi connectivity index (χ4v) is 4.48. The molecule has 5 aromatic carbocycles.